The number of nitrogens with two attached hydrogens (primary N) is 1. The number of nitrogens with zero attached hydrogens (tertiary/aromatic N) is 7. The van der Waals surface area contributed by atoms with Crippen molar-refractivity contribution in [3.8, 4) is 0 Å². The number of carboxylic acid groups (broad SMARTS) is 1. The first-order chi connectivity index (χ1) is 24.0. The van der Waals surface area contributed by atoms with Gasteiger partial charge in [-0.2, -0.15) is 23.4 Å². The summed E-state index contributed by atoms with van der Waals surface area (Å²) in [6, 6.07) is 13.2. The number of carbonyl (C=O) groups excluding carboxylic acids is 1. The maximum atomic E-state index is 14.0. The topological polar surface area (TPSA) is 173 Å². The summed E-state index contributed by atoms with van der Waals surface area (Å²) in [7, 11) is 0. The van der Waals surface area contributed by atoms with E-state index in [2.05, 4.69) is 30.5 Å². The van der Waals surface area contributed by atoms with Gasteiger partial charge in [0.05, 0.1) is 58.9 Å². The number of fused-ring (bicyclic) bond motifs is 1. The molecule has 258 valence electrons. The summed E-state index contributed by atoms with van der Waals surface area (Å²) in [6.45, 7) is 1.73. The van der Waals surface area contributed by atoms with Crippen LogP contribution in [0.5, 0.6) is 0 Å². The first kappa shape index (κ1) is 33.9. The van der Waals surface area contributed by atoms with Crippen molar-refractivity contribution in [1.82, 2.24) is 34.5 Å². The van der Waals surface area contributed by atoms with Gasteiger partial charge in [-0.05, 0) is 30.0 Å². The fraction of sp³-hybridized carbons (Fsp3) is 0.235. The zero-order valence-corrected chi connectivity index (χ0v) is 26.6. The van der Waals surface area contributed by atoms with Crippen molar-refractivity contribution in [2.24, 2.45) is 5.73 Å². The molecule has 0 saturated carbocycles. The van der Waals surface area contributed by atoms with E-state index in [9.17, 15) is 22.8 Å². The van der Waals surface area contributed by atoms with Gasteiger partial charge in [-0.3, -0.25) is 19.1 Å². The number of aromatic nitrogens is 7. The van der Waals surface area contributed by atoms with Gasteiger partial charge in [0.25, 0.3) is 5.91 Å². The molecule has 0 aliphatic carbocycles. The summed E-state index contributed by atoms with van der Waals surface area (Å²) in [4.78, 5) is 36.0. The predicted molar refractivity (Wildman–Crippen MR) is 179 cm³/mol. The molecule has 13 nitrogen and oxygen atoms in total. The first-order valence-corrected chi connectivity index (χ1v) is 15.7. The largest absolute Gasteiger partial charge is 0.478 e. The lowest BCUT2D eigenvalue weighted by molar-refractivity contribution is -0.137. The fourth-order valence-electron chi connectivity index (χ4n) is 5.70. The Bertz CT molecular complexity index is 2080. The zero-order valence-electron chi connectivity index (χ0n) is 26.6. The molecule has 0 unspecified atom stereocenters. The van der Waals surface area contributed by atoms with Crippen LogP contribution in [0.2, 0.25) is 0 Å². The number of alkyl halides is 3. The Morgan fingerprint density at radius 2 is 1.66 bits per heavy atom. The van der Waals surface area contributed by atoms with Crippen molar-refractivity contribution in [1.29, 1.82) is 0 Å². The molecule has 0 spiro atoms. The number of hydrogen-bond donors (Lipinski definition) is 4. The summed E-state index contributed by atoms with van der Waals surface area (Å²) in [5.41, 5.74) is 8.15. The highest BCUT2D eigenvalue weighted by Gasteiger charge is 2.38. The molecule has 1 saturated heterocycles. The summed E-state index contributed by atoms with van der Waals surface area (Å²) >= 11 is 0. The van der Waals surface area contributed by atoms with Crippen molar-refractivity contribution < 1.29 is 27.9 Å². The number of aromatic carboxylic acids is 1. The number of pyridine rings is 2. The fourth-order valence-corrected chi connectivity index (χ4v) is 5.70. The number of benzene rings is 1. The van der Waals surface area contributed by atoms with E-state index in [0.29, 0.717) is 26.1 Å². The number of carboxylic acids is 1. The standard InChI is InChI=1S/C24H24F3N7O.C10H9N3O2/c25-24(26,27)18-10-29-22-20(21(18)33-8-4-7-17(28)14-33)19(11-30-22)32-23(35)16-9-31-34(13-16)12-15-5-2-1-3-6-15;14-10(15)9-5-12-13(7-9)6-8-2-1-3-11-4-8/h1-3,5-6,9-11,13,17H,4,7-8,12,14,28H2,(H,29,30)(H,32,35);1-5,7H,6H2,(H,14,15)/t17-;/m1./s1. The van der Waals surface area contributed by atoms with Crippen LogP contribution in [-0.4, -0.2) is 70.6 Å². The molecule has 6 aromatic rings. The minimum Gasteiger partial charge on any atom is -0.478 e. The first-order valence-electron chi connectivity index (χ1n) is 15.7. The molecule has 1 aliphatic rings. The Morgan fingerprint density at radius 3 is 2.32 bits per heavy atom. The molecule has 1 fully saturated rings. The Morgan fingerprint density at radius 1 is 0.960 bits per heavy atom. The number of hydrogen-bond acceptors (Lipinski definition) is 8. The smallest absolute Gasteiger partial charge is 0.419 e. The van der Waals surface area contributed by atoms with Crippen LogP contribution in [0.4, 0.5) is 24.5 Å². The summed E-state index contributed by atoms with van der Waals surface area (Å²) in [5.74, 6) is -1.45. The SMILES string of the molecule is N[C@@H]1CCCN(c2c(C(F)(F)F)cnc3[nH]cc(NC(=O)c4cnn(Cc5ccccc5)c4)c23)C1.O=C(O)c1cnn(Cc2cccnc2)c1. The van der Waals surface area contributed by atoms with Gasteiger partial charge in [0, 0.05) is 56.3 Å². The number of H-pyrrole nitrogens is 1. The molecule has 1 atom stereocenters. The molecule has 16 heteroatoms. The van der Waals surface area contributed by atoms with Crippen molar-refractivity contribution >= 4 is 34.3 Å². The van der Waals surface area contributed by atoms with Gasteiger partial charge in [0.2, 0.25) is 0 Å². The average Bonchev–Trinajstić information content (AvgIpc) is 3.86. The highest BCUT2D eigenvalue weighted by atomic mass is 19.4. The highest BCUT2D eigenvalue weighted by Crippen LogP contribution is 2.43. The number of amides is 1. The van der Waals surface area contributed by atoms with Crippen molar-refractivity contribution in [2.75, 3.05) is 23.3 Å². The Kier molecular flexibility index (Phi) is 9.89. The van der Waals surface area contributed by atoms with E-state index in [1.807, 2.05) is 42.5 Å². The Hall–Kier alpha value is -6.03. The Balaban J connectivity index is 0.000000240. The van der Waals surface area contributed by atoms with Gasteiger partial charge in [0.15, 0.2) is 0 Å². The number of carbonyl (C=O) groups is 2. The average molecular weight is 687 g/mol. The van der Waals surface area contributed by atoms with Gasteiger partial charge in [-0.1, -0.05) is 36.4 Å². The van der Waals surface area contributed by atoms with Crippen LogP contribution >= 0.6 is 0 Å². The van der Waals surface area contributed by atoms with E-state index in [-0.39, 0.29) is 46.1 Å². The van der Waals surface area contributed by atoms with Crippen molar-refractivity contribution in [3.63, 3.8) is 0 Å². The second-order valence-electron chi connectivity index (χ2n) is 11.8. The molecule has 1 amide bonds. The Labute approximate surface area is 283 Å². The van der Waals surface area contributed by atoms with Gasteiger partial charge < -0.3 is 26.0 Å². The number of halogens is 3. The molecular formula is C34H33F3N10O3. The number of rotatable bonds is 8. The number of anilines is 2. The number of aromatic amines is 1. The molecule has 6 heterocycles. The van der Waals surface area contributed by atoms with E-state index < -0.39 is 23.6 Å². The van der Waals surface area contributed by atoms with E-state index in [1.54, 1.807) is 32.9 Å². The monoisotopic (exact) mass is 686 g/mol. The molecule has 5 N–H and O–H groups in total. The molecule has 0 radical (unpaired) electrons. The third-order valence-corrected chi connectivity index (χ3v) is 8.03. The summed E-state index contributed by atoms with van der Waals surface area (Å²) in [5, 5.41) is 19.8. The number of nitrogens with one attached hydrogen (secondary N) is 2. The maximum absolute atomic E-state index is 14.0. The van der Waals surface area contributed by atoms with Gasteiger partial charge in [-0.15, -0.1) is 0 Å². The van der Waals surface area contributed by atoms with E-state index in [0.717, 1.165) is 23.7 Å². The van der Waals surface area contributed by atoms with Crippen LogP contribution in [0.3, 0.4) is 0 Å². The second kappa shape index (κ2) is 14.6. The number of piperidine rings is 1. The molecule has 5 aromatic heterocycles. The molecule has 1 aliphatic heterocycles. The minimum absolute atomic E-state index is 0.0195. The van der Waals surface area contributed by atoms with Crippen LogP contribution in [0.1, 0.15) is 50.2 Å². The predicted octanol–water partition coefficient (Wildman–Crippen LogP) is 5.03. The van der Waals surface area contributed by atoms with Crippen molar-refractivity contribution in [3.05, 3.63) is 120 Å². The van der Waals surface area contributed by atoms with Crippen LogP contribution < -0.4 is 16.0 Å². The van der Waals surface area contributed by atoms with Gasteiger partial charge in [0.1, 0.15) is 5.65 Å². The quantitative estimate of drug-likeness (QED) is 0.171. The van der Waals surface area contributed by atoms with E-state index >= 15 is 0 Å². The molecular weight excluding hydrogens is 653 g/mol. The van der Waals surface area contributed by atoms with Crippen LogP contribution in [-0.2, 0) is 19.3 Å². The molecule has 1 aromatic carbocycles. The van der Waals surface area contributed by atoms with E-state index in [4.69, 9.17) is 10.8 Å². The van der Waals surface area contributed by atoms with Gasteiger partial charge in [-0.25, -0.2) is 9.78 Å². The van der Waals surface area contributed by atoms with Crippen molar-refractivity contribution in [2.45, 2.75) is 38.1 Å². The lowest BCUT2D eigenvalue weighted by Gasteiger charge is -2.34. The lowest BCUT2D eigenvalue weighted by Crippen LogP contribution is -2.43. The lowest BCUT2D eigenvalue weighted by atomic mass is 10.0. The zero-order chi connectivity index (χ0) is 35.3. The maximum Gasteiger partial charge on any atom is 0.419 e. The molecule has 7 rings (SSSR count). The second-order valence-corrected chi connectivity index (χ2v) is 11.8. The minimum atomic E-state index is -4.62. The molecule has 50 heavy (non-hydrogen) atoms. The van der Waals surface area contributed by atoms with Crippen LogP contribution in [0.25, 0.3) is 11.0 Å². The third kappa shape index (κ3) is 7.98. The normalized spacial score (nSPS) is 14.6. The van der Waals surface area contributed by atoms with Gasteiger partial charge >= 0.3 is 12.1 Å². The van der Waals surface area contributed by atoms with Crippen LogP contribution in [0.15, 0.2) is 92.0 Å². The van der Waals surface area contributed by atoms with E-state index in [1.165, 1.54) is 24.8 Å². The summed E-state index contributed by atoms with van der Waals surface area (Å²) in [6.07, 6.45) is 8.36. The summed E-state index contributed by atoms with van der Waals surface area (Å²) < 4.78 is 45.1. The third-order valence-electron chi connectivity index (χ3n) is 8.03. The molecule has 0 bridgehead atoms. The van der Waals surface area contributed by atoms with Crippen LogP contribution in [0, 0.1) is 0 Å². The highest BCUT2D eigenvalue weighted by molar-refractivity contribution is 6.11.